The van der Waals surface area contributed by atoms with Gasteiger partial charge in [0.1, 0.15) is 4.91 Å². The molecule has 0 saturated carbocycles. The number of sulfone groups is 1. The zero-order valence-electron chi connectivity index (χ0n) is 18.3. The predicted molar refractivity (Wildman–Crippen MR) is 128 cm³/mol. The quantitative estimate of drug-likeness (QED) is 0.442. The van der Waals surface area contributed by atoms with Crippen LogP contribution in [0, 0.1) is 0 Å². The third kappa shape index (κ3) is 4.21. The van der Waals surface area contributed by atoms with E-state index in [0.717, 1.165) is 5.56 Å². The van der Waals surface area contributed by atoms with Crippen molar-refractivity contribution in [3.05, 3.63) is 96.1 Å². The largest absolute Gasteiger partial charge is 0.351 e. The van der Waals surface area contributed by atoms with Crippen LogP contribution in [0.3, 0.4) is 0 Å². The Bertz CT molecular complexity index is 1180. The second-order valence-corrected chi connectivity index (χ2v) is 9.19. The second-order valence-electron chi connectivity index (χ2n) is 7.33. The molecule has 3 aromatic carbocycles. The van der Waals surface area contributed by atoms with Gasteiger partial charge in [-0.3, -0.25) is 0 Å². The zero-order valence-corrected chi connectivity index (χ0v) is 19.1. The number of rotatable bonds is 8. The van der Waals surface area contributed by atoms with Gasteiger partial charge < -0.3 is 14.4 Å². The number of fused-ring (bicyclic) bond motifs is 1. The predicted octanol–water partition coefficient (Wildman–Crippen LogP) is 5.21. The number of benzene rings is 3. The molecule has 0 atom stereocenters. The molecule has 4 rings (SSSR count). The highest BCUT2D eigenvalue weighted by Gasteiger charge is 2.38. The van der Waals surface area contributed by atoms with Crippen LogP contribution in [0.5, 0.6) is 0 Å². The lowest BCUT2D eigenvalue weighted by Gasteiger charge is -2.37. The molecular formula is C26H27NO4S. The van der Waals surface area contributed by atoms with Gasteiger partial charge in [-0.25, -0.2) is 8.42 Å². The molecule has 0 N–H and O–H groups in total. The molecule has 1 aliphatic heterocycles. The van der Waals surface area contributed by atoms with Crippen molar-refractivity contribution in [3.8, 4) is 0 Å². The van der Waals surface area contributed by atoms with Crippen molar-refractivity contribution in [3.63, 3.8) is 0 Å². The Balaban J connectivity index is 2.02. The van der Waals surface area contributed by atoms with E-state index >= 15 is 0 Å². The van der Waals surface area contributed by atoms with E-state index in [1.807, 2.05) is 91.5 Å². The van der Waals surface area contributed by atoms with E-state index < -0.39 is 16.1 Å². The molecule has 0 aromatic heterocycles. The normalized spacial score (nSPS) is 15.2. The van der Waals surface area contributed by atoms with E-state index in [0.29, 0.717) is 36.7 Å². The lowest BCUT2D eigenvalue weighted by atomic mass is 10.1. The summed E-state index contributed by atoms with van der Waals surface area (Å²) in [6.07, 6.45) is -0.505. The minimum absolute atomic E-state index is 0.283. The molecule has 1 heterocycles. The summed E-state index contributed by atoms with van der Waals surface area (Å²) in [5.74, 6) is 0. The summed E-state index contributed by atoms with van der Waals surface area (Å²) in [6, 6.07) is 26.0. The van der Waals surface area contributed by atoms with Crippen LogP contribution in [0.4, 0.5) is 5.69 Å². The maximum absolute atomic E-state index is 13.9. The average molecular weight is 450 g/mol. The summed E-state index contributed by atoms with van der Waals surface area (Å²) >= 11 is 0. The Labute approximate surface area is 189 Å². The Hall–Kier alpha value is -2.93. The lowest BCUT2D eigenvalue weighted by Crippen LogP contribution is -2.38. The number of nitrogens with zero attached hydrogens (tertiary/aromatic N) is 1. The highest BCUT2D eigenvalue weighted by Crippen LogP contribution is 2.46. The Morgan fingerprint density at radius 2 is 1.28 bits per heavy atom. The van der Waals surface area contributed by atoms with Gasteiger partial charge in [0, 0.05) is 13.2 Å². The molecule has 32 heavy (non-hydrogen) atoms. The number of ether oxygens (including phenoxy) is 2. The van der Waals surface area contributed by atoms with Gasteiger partial charge in [0.15, 0.2) is 6.29 Å². The first kappa shape index (κ1) is 22.3. The van der Waals surface area contributed by atoms with Crippen molar-refractivity contribution in [2.24, 2.45) is 0 Å². The molecule has 0 fully saturated rings. The molecule has 3 aromatic rings. The smallest absolute Gasteiger partial charge is 0.211 e. The lowest BCUT2D eigenvalue weighted by molar-refractivity contribution is -0.128. The van der Waals surface area contributed by atoms with Gasteiger partial charge in [0.25, 0.3) is 0 Å². The minimum Gasteiger partial charge on any atom is -0.351 e. The van der Waals surface area contributed by atoms with E-state index in [1.54, 1.807) is 12.1 Å². The van der Waals surface area contributed by atoms with Gasteiger partial charge >= 0.3 is 0 Å². The van der Waals surface area contributed by atoms with E-state index in [9.17, 15) is 8.42 Å². The average Bonchev–Trinajstić information content (AvgIpc) is 2.82. The first-order valence-electron chi connectivity index (χ1n) is 10.8. The number of para-hydroxylation sites is 1. The number of hydrogen-bond acceptors (Lipinski definition) is 5. The molecule has 0 aliphatic carbocycles. The zero-order chi connectivity index (χ0) is 22.6. The van der Waals surface area contributed by atoms with Gasteiger partial charge in [-0.15, -0.1) is 0 Å². The Morgan fingerprint density at radius 1 is 0.750 bits per heavy atom. The summed E-state index contributed by atoms with van der Waals surface area (Å²) < 4.78 is 39.5. The summed E-state index contributed by atoms with van der Waals surface area (Å²) in [6.45, 7) is 5.19. The molecular weight excluding hydrogens is 422 g/mol. The van der Waals surface area contributed by atoms with E-state index in [4.69, 9.17) is 9.47 Å². The maximum atomic E-state index is 13.9. The summed E-state index contributed by atoms with van der Waals surface area (Å²) in [5.41, 5.74) is 2.71. The number of hydrogen-bond donors (Lipinski definition) is 0. The molecule has 0 saturated heterocycles. The van der Waals surface area contributed by atoms with Crippen molar-refractivity contribution in [1.82, 2.24) is 0 Å². The molecule has 0 amide bonds. The van der Waals surface area contributed by atoms with Gasteiger partial charge in [0.05, 0.1) is 22.8 Å². The second kappa shape index (κ2) is 9.69. The molecule has 0 unspecified atom stereocenters. The van der Waals surface area contributed by atoms with Gasteiger partial charge in [-0.2, -0.15) is 0 Å². The van der Waals surface area contributed by atoms with Gasteiger partial charge in [-0.05, 0) is 37.1 Å². The van der Waals surface area contributed by atoms with Crippen LogP contribution in [0.1, 0.15) is 25.0 Å². The van der Waals surface area contributed by atoms with Crippen LogP contribution in [0.25, 0.3) is 10.6 Å². The van der Waals surface area contributed by atoms with E-state index in [1.165, 1.54) is 0 Å². The third-order valence-corrected chi connectivity index (χ3v) is 7.21. The molecule has 0 bridgehead atoms. The van der Waals surface area contributed by atoms with Crippen LogP contribution in [0.15, 0.2) is 89.8 Å². The van der Waals surface area contributed by atoms with Crippen LogP contribution >= 0.6 is 0 Å². The first-order valence-corrected chi connectivity index (χ1v) is 12.3. The summed E-state index contributed by atoms with van der Waals surface area (Å²) in [5, 5.41) is 0. The van der Waals surface area contributed by atoms with Crippen molar-refractivity contribution in [2.45, 2.75) is 25.0 Å². The standard InChI is InChI=1S/C26H27NO4S/c1-3-30-24(31-4-2)19-27-22-17-11-12-18-23(22)32(28,29)26(21-15-9-6-10-16-21)25(27)20-13-7-5-8-14-20/h5-18,24H,3-4,19H2,1-2H3. The van der Waals surface area contributed by atoms with Crippen molar-refractivity contribution < 1.29 is 17.9 Å². The van der Waals surface area contributed by atoms with Crippen molar-refractivity contribution >= 4 is 26.1 Å². The van der Waals surface area contributed by atoms with Crippen LogP contribution in [-0.2, 0) is 19.3 Å². The molecule has 0 radical (unpaired) electrons. The topological polar surface area (TPSA) is 55.8 Å². The monoisotopic (exact) mass is 449 g/mol. The fourth-order valence-corrected chi connectivity index (χ4v) is 5.88. The number of anilines is 1. The highest BCUT2D eigenvalue weighted by molar-refractivity contribution is 8.01. The molecule has 5 nitrogen and oxygen atoms in total. The Morgan fingerprint density at radius 3 is 1.88 bits per heavy atom. The van der Waals surface area contributed by atoms with Crippen molar-refractivity contribution in [1.29, 1.82) is 0 Å². The summed E-state index contributed by atoms with van der Waals surface area (Å²) in [7, 11) is -3.77. The first-order chi connectivity index (χ1) is 15.6. The van der Waals surface area contributed by atoms with Crippen LogP contribution in [0.2, 0.25) is 0 Å². The fourth-order valence-electron chi connectivity index (χ4n) is 4.02. The minimum atomic E-state index is -3.77. The van der Waals surface area contributed by atoms with E-state index in [-0.39, 0.29) is 9.80 Å². The molecule has 6 heteroatoms. The fraction of sp³-hybridized carbons (Fsp3) is 0.231. The summed E-state index contributed by atoms with van der Waals surface area (Å²) in [4.78, 5) is 2.59. The van der Waals surface area contributed by atoms with Crippen LogP contribution < -0.4 is 4.90 Å². The molecule has 166 valence electrons. The van der Waals surface area contributed by atoms with Crippen molar-refractivity contribution in [2.75, 3.05) is 24.7 Å². The molecule has 0 spiro atoms. The van der Waals surface area contributed by atoms with Gasteiger partial charge in [-0.1, -0.05) is 72.8 Å². The Kier molecular flexibility index (Phi) is 6.74. The van der Waals surface area contributed by atoms with Crippen LogP contribution in [-0.4, -0.2) is 34.5 Å². The van der Waals surface area contributed by atoms with E-state index in [2.05, 4.69) is 0 Å². The highest BCUT2D eigenvalue weighted by atomic mass is 32.2. The third-order valence-electron chi connectivity index (χ3n) is 5.32. The SMILES string of the molecule is CCOC(CN1C(c2ccccc2)=C(c2ccccc2)S(=O)(=O)c2ccccc21)OCC. The maximum Gasteiger partial charge on any atom is 0.211 e. The molecule has 1 aliphatic rings. The van der Waals surface area contributed by atoms with Gasteiger partial charge in [0.2, 0.25) is 9.84 Å².